The maximum atomic E-state index is 13.3. The van der Waals surface area contributed by atoms with E-state index in [0.717, 1.165) is 18.7 Å². The molecule has 0 bridgehead atoms. The summed E-state index contributed by atoms with van der Waals surface area (Å²) in [4.78, 5) is 35.4. The number of aromatic amines is 1. The molecule has 1 aliphatic heterocycles. The van der Waals surface area contributed by atoms with Crippen LogP contribution in [0.4, 0.5) is 4.39 Å². The molecule has 0 saturated heterocycles. The number of amides is 1. The van der Waals surface area contributed by atoms with Crippen molar-refractivity contribution in [3.63, 3.8) is 0 Å². The fourth-order valence-electron chi connectivity index (χ4n) is 4.72. The molecule has 0 saturated carbocycles. The third kappa shape index (κ3) is 3.90. The predicted molar refractivity (Wildman–Crippen MR) is 116 cm³/mol. The Morgan fingerprint density at radius 1 is 1.00 bits per heavy atom. The molecule has 158 valence electrons. The highest BCUT2D eigenvalue weighted by molar-refractivity contribution is 5.79. The number of fused-ring (bicyclic) bond motifs is 2. The van der Waals surface area contributed by atoms with E-state index < -0.39 is 0 Å². The van der Waals surface area contributed by atoms with Gasteiger partial charge >= 0.3 is 0 Å². The molecule has 1 amide bonds. The molecular formula is C25H24FN3O2. The first-order valence-electron chi connectivity index (χ1n) is 10.8. The quantitative estimate of drug-likeness (QED) is 0.647. The van der Waals surface area contributed by atoms with E-state index in [4.69, 9.17) is 0 Å². The van der Waals surface area contributed by atoms with Crippen molar-refractivity contribution in [2.24, 2.45) is 5.92 Å². The predicted octanol–water partition coefficient (Wildman–Crippen LogP) is 3.66. The van der Waals surface area contributed by atoms with Crippen LogP contribution in [0.1, 0.15) is 35.2 Å². The number of rotatable bonds is 2. The van der Waals surface area contributed by atoms with Crippen LogP contribution in [0.5, 0.6) is 0 Å². The van der Waals surface area contributed by atoms with Gasteiger partial charge in [0.1, 0.15) is 11.6 Å². The van der Waals surface area contributed by atoms with Gasteiger partial charge in [-0.1, -0.05) is 24.3 Å². The number of carbonyl (C=O) groups excluding carboxylic acids is 1. The van der Waals surface area contributed by atoms with Gasteiger partial charge in [0.25, 0.3) is 5.56 Å². The molecule has 5 nitrogen and oxygen atoms in total. The van der Waals surface area contributed by atoms with Crippen LogP contribution in [-0.2, 0) is 30.6 Å². The molecule has 2 aliphatic rings. The fraction of sp³-hybridized carbons (Fsp3) is 0.320. The number of carbonyl (C=O) groups is 1. The van der Waals surface area contributed by atoms with E-state index in [0.29, 0.717) is 49.2 Å². The molecule has 1 aromatic heterocycles. The van der Waals surface area contributed by atoms with E-state index in [9.17, 15) is 14.0 Å². The van der Waals surface area contributed by atoms with Gasteiger partial charge in [0.05, 0.1) is 5.69 Å². The van der Waals surface area contributed by atoms with Crippen molar-refractivity contribution < 1.29 is 9.18 Å². The summed E-state index contributed by atoms with van der Waals surface area (Å²) in [6, 6.07) is 14.2. The summed E-state index contributed by atoms with van der Waals surface area (Å²) in [5.74, 6) is 0.189. The number of halogens is 1. The summed E-state index contributed by atoms with van der Waals surface area (Å²) in [6.07, 6.45) is 3.36. The Bertz CT molecular complexity index is 1190. The second-order valence-corrected chi connectivity index (χ2v) is 8.40. The largest absolute Gasteiger partial charge is 0.338 e. The second-order valence-electron chi connectivity index (χ2n) is 8.40. The molecular weight excluding hydrogens is 393 g/mol. The molecule has 3 aromatic rings. The average molecular weight is 417 g/mol. The van der Waals surface area contributed by atoms with Crippen LogP contribution in [0.2, 0.25) is 0 Å². The van der Waals surface area contributed by atoms with Crippen molar-refractivity contribution in [1.82, 2.24) is 14.9 Å². The third-order valence-electron chi connectivity index (χ3n) is 6.48. The van der Waals surface area contributed by atoms with Gasteiger partial charge in [-0.05, 0) is 67.5 Å². The van der Waals surface area contributed by atoms with Gasteiger partial charge < -0.3 is 9.88 Å². The van der Waals surface area contributed by atoms with Crippen LogP contribution >= 0.6 is 0 Å². The monoisotopic (exact) mass is 417 g/mol. The number of nitrogens with one attached hydrogen (secondary N) is 1. The summed E-state index contributed by atoms with van der Waals surface area (Å²) in [6.45, 7) is 1.40. The first kappa shape index (κ1) is 19.7. The lowest BCUT2D eigenvalue weighted by atomic mass is 9.95. The zero-order chi connectivity index (χ0) is 21.4. The van der Waals surface area contributed by atoms with Gasteiger partial charge in [-0.3, -0.25) is 9.59 Å². The maximum Gasteiger partial charge on any atom is 0.254 e. The van der Waals surface area contributed by atoms with E-state index >= 15 is 0 Å². The van der Waals surface area contributed by atoms with Crippen molar-refractivity contribution in [2.75, 3.05) is 6.54 Å². The summed E-state index contributed by atoms with van der Waals surface area (Å²) >= 11 is 0. The average Bonchev–Trinajstić information content (AvgIpc) is 3.02. The second kappa shape index (κ2) is 8.10. The number of aromatic nitrogens is 2. The smallest absolute Gasteiger partial charge is 0.254 e. The van der Waals surface area contributed by atoms with Crippen molar-refractivity contribution in [3.05, 3.63) is 87.1 Å². The van der Waals surface area contributed by atoms with E-state index in [1.165, 1.54) is 23.3 Å². The molecule has 0 fully saturated rings. The van der Waals surface area contributed by atoms with Crippen LogP contribution in [0.15, 0.2) is 53.3 Å². The topological polar surface area (TPSA) is 66.1 Å². The Kier molecular flexibility index (Phi) is 5.14. The molecule has 5 rings (SSSR count). The SMILES string of the molecule is O=C(C1CCc2nc(-c3ccc(F)cc3)[nH]c(=O)c2CC1)N1CCc2ccccc2C1. The lowest BCUT2D eigenvalue weighted by molar-refractivity contribution is -0.136. The number of aryl methyl sites for hydroxylation is 1. The Labute approximate surface area is 180 Å². The molecule has 2 heterocycles. The highest BCUT2D eigenvalue weighted by Crippen LogP contribution is 2.27. The van der Waals surface area contributed by atoms with Crippen LogP contribution in [0.3, 0.4) is 0 Å². The Morgan fingerprint density at radius 3 is 2.55 bits per heavy atom. The number of hydrogen-bond acceptors (Lipinski definition) is 3. The van der Waals surface area contributed by atoms with Crippen molar-refractivity contribution in [2.45, 2.75) is 38.6 Å². The van der Waals surface area contributed by atoms with Gasteiger partial charge in [-0.15, -0.1) is 0 Å². The Morgan fingerprint density at radius 2 is 1.74 bits per heavy atom. The molecule has 2 aromatic carbocycles. The molecule has 31 heavy (non-hydrogen) atoms. The van der Waals surface area contributed by atoms with Crippen molar-refractivity contribution >= 4 is 5.91 Å². The van der Waals surface area contributed by atoms with E-state index in [-0.39, 0.29) is 23.2 Å². The third-order valence-corrected chi connectivity index (χ3v) is 6.48. The lowest BCUT2D eigenvalue weighted by Gasteiger charge is -2.31. The van der Waals surface area contributed by atoms with Gasteiger partial charge in [-0.2, -0.15) is 0 Å². The van der Waals surface area contributed by atoms with Gasteiger partial charge in [-0.25, -0.2) is 9.37 Å². The lowest BCUT2D eigenvalue weighted by Crippen LogP contribution is -2.40. The molecule has 1 unspecified atom stereocenters. The van der Waals surface area contributed by atoms with Gasteiger partial charge in [0.2, 0.25) is 5.91 Å². The molecule has 0 spiro atoms. The van der Waals surface area contributed by atoms with Crippen molar-refractivity contribution in [1.29, 1.82) is 0 Å². The van der Waals surface area contributed by atoms with Crippen LogP contribution < -0.4 is 5.56 Å². The number of hydrogen-bond donors (Lipinski definition) is 1. The minimum Gasteiger partial charge on any atom is -0.338 e. The summed E-state index contributed by atoms with van der Waals surface area (Å²) in [5, 5.41) is 0. The van der Waals surface area contributed by atoms with E-state index in [2.05, 4.69) is 22.1 Å². The first-order valence-corrected chi connectivity index (χ1v) is 10.8. The summed E-state index contributed by atoms with van der Waals surface area (Å²) in [7, 11) is 0. The zero-order valence-corrected chi connectivity index (χ0v) is 17.2. The first-order chi connectivity index (χ1) is 15.1. The minimum absolute atomic E-state index is 0.104. The highest BCUT2D eigenvalue weighted by atomic mass is 19.1. The van der Waals surface area contributed by atoms with Crippen LogP contribution in [0, 0.1) is 11.7 Å². The Balaban J connectivity index is 1.34. The standard InChI is InChI=1S/C25H24FN3O2/c26-20-9-5-17(6-10-20)23-27-22-12-8-18(7-11-21(22)24(30)28-23)25(31)29-14-13-16-3-1-2-4-19(16)15-29/h1-6,9-10,18H,7-8,11-15H2,(H,27,28,30). The molecule has 1 N–H and O–H groups in total. The van der Waals surface area contributed by atoms with Crippen LogP contribution in [0.25, 0.3) is 11.4 Å². The normalized spacial score (nSPS) is 18.1. The fourth-order valence-corrected chi connectivity index (χ4v) is 4.72. The minimum atomic E-state index is -0.331. The van der Waals surface area contributed by atoms with Crippen LogP contribution in [-0.4, -0.2) is 27.3 Å². The van der Waals surface area contributed by atoms with E-state index in [1.807, 2.05) is 17.0 Å². The number of benzene rings is 2. The maximum absolute atomic E-state index is 13.3. The number of H-pyrrole nitrogens is 1. The molecule has 1 atom stereocenters. The van der Waals surface area contributed by atoms with E-state index in [1.54, 1.807) is 12.1 Å². The highest BCUT2D eigenvalue weighted by Gasteiger charge is 2.30. The summed E-state index contributed by atoms with van der Waals surface area (Å²) in [5.41, 5.74) is 4.48. The zero-order valence-electron chi connectivity index (χ0n) is 17.2. The number of nitrogens with zero attached hydrogens (tertiary/aromatic N) is 2. The van der Waals surface area contributed by atoms with Gasteiger partial charge in [0, 0.05) is 30.1 Å². The summed E-state index contributed by atoms with van der Waals surface area (Å²) < 4.78 is 13.2. The Hall–Kier alpha value is -3.28. The molecule has 0 radical (unpaired) electrons. The van der Waals surface area contributed by atoms with Gasteiger partial charge in [0.15, 0.2) is 0 Å². The molecule has 1 aliphatic carbocycles. The van der Waals surface area contributed by atoms with Crippen molar-refractivity contribution in [3.8, 4) is 11.4 Å². The molecule has 6 heteroatoms.